The molecule has 5 aromatic rings. The number of phosphoric acid groups is 2. The van der Waals surface area contributed by atoms with Gasteiger partial charge in [-0.05, 0) is 87.1 Å². The Morgan fingerprint density at radius 1 is 0.923 bits per heavy atom. The predicted molar refractivity (Wildman–Crippen MR) is 285 cm³/mol. The largest absolute Gasteiger partial charge is 0.756 e. The van der Waals surface area contributed by atoms with E-state index in [1.165, 1.54) is 37.9 Å². The van der Waals surface area contributed by atoms with Crippen LogP contribution in [0, 0.1) is 0 Å². The monoisotopic (exact) mass is 1110 g/mol. The summed E-state index contributed by atoms with van der Waals surface area (Å²) in [4.78, 5) is 84.2. The summed E-state index contributed by atoms with van der Waals surface area (Å²) < 4.78 is 49.2. The smallest absolute Gasteiger partial charge is 0.470 e. The van der Waals surface area contributed by atoms with Crippen LogP contribution >= 0.6 is 15.6 Å². The number of fused-ring (bicyclic) bond motifs is 5. The number of nitrogens with two attached hydrogens (primary N) is 1. The van der Waals surface area contributed by atoms with Crippen molar-refractivity contribution in [3.05, 3.63) is 92.2 Å². The number of imidazole rings is 1. The first-order valence-corrected chi connectivity index (χ1v) is 30.1. The van der Waals surface area contributed by atoms with Gasteiger partial charge in [0.15, 0.2) is 23.2 Å². The van der Waals surface area contributed by atoms with E-state index in [2.05, 4.69) is 57.8 Å². The van der Waals surface area contributed by atoms with Crippen LogP contribution in [0.25, 0.3) is 16.7 Å². The molecule has 8 heterocycles. The summed E-state index contributed by atoms with van der Waals surface area (Å²) in [6.07, 6.45) is 6.39. The molecule has 1 unspecified atom stereocenters. The number of aliphatic hydroxyl groups excluding tert-OH is 1. The van der Waals surface area contributed by atoms with Gasteiger partial charge in [-0.1, -0.05) is 31.0 Å². The molecule has 78 heavy (non-hydrogen) atoms. The number of nitrogen functional groups attached to an aromatic ring is 1. The fourth-order valence-corrected chi connectivity index (χ4v) is 13.3. The third kappa shape index (κ3) is 10.9. The lowest BCUT2D eigenvalue weighted by atomic mass is 9.81. The molecule has 0 saturated carbocycles. The van der Waals surface area contributed by atoms with E-state index in [0.29, 0.717) is 44.5 Å². The Morgan fingerprint density at radius 2 is 1.67 bits per heavy atom. The van der Waals surface area contributed by atoms with E-state index in [1.807, 2.05) is 18.2 Å². The molecule has 0 aliphatic carbocycles. The van der Waals surface area contributed by atoms with Crippen LogP contribution < -0.4 is 46.0 Å². The zero-order valence-electron chi connectivity index (χ0n) is 43.5. The number of amides is 2. The van der Waals surface area contributed by atoms with Crippen LogP contribution in [0.15, 0.2) is 42.7 Å². The van der Waals surface area contributed by atoms with Crippen LogP contribution in [0.1, 0.15) is 114 Å². The maximum atomic E-state index is 14.7. The first-order chi connectivity index (χ1) is 37.5. The number of phosphoric ester groups is 2. The number of rotatable bonds is 20. The van der Waals surface area contributed by atoms with E-state index in [4.69, 9.17) is 24.6 Å². The number of benzene rings is 3. The number of hydrogen-bond donors (Lipinski definition) is 7. The minimum Gasteiger partial charge on any atom is -0.756 e. The van der Waals surface area contributed by atoms with E-state index < -0.39 is 46.8 Å². The molecule has 25 heteroatoms. The SMILES string of the molecule is CN(CCCC(=O)NCCCCCCNc1nc2c(N)ncnc2n1[C@@H]1O[C@H](COP(=O)([O-])O)[C@@H](OP(=O)(O)O)[C@H]1O)C(=O)c1ccccc1C1=c2cc3c4c(c2Oc2c1cc1c5c2CCCN5CCC1)CCC[N+]=4CCC3. The summed E-state index contributed by atoms with van der Waals surface area (Å²) in [5, 5.41) is 19.8. The molecule has 6 aliphatic heterocycles. The molecule has 0 radical (unpaired) electrons. The van der Waals surface area contributed by atoms with Gasteiger partial charge in [0.2, 0.25) is 17.2 Å². The third-order valence-electron chi connectivity index (χ3n) is 15.8. The number of aliphatic hydroxyl groups is 1. The van der Waals surface area contributed by atoms with E-state index in [9.17, 15) is 38.5 Å². The van der Waals surface area contributed by atoms with Gasteiger partial charge in [0, 0.05) is 97.8 Å². The second kappa shape index (κ2) is 22.4. The molecule has 5 atom stereocenters. The lowest BCUT2D eigenvalue weighted by molar-refractivity contribution is -0.222. The predicted octanol–water partition coefficient (Wildman–Crippen LogP) is 2.70. The van der Waals surface area contributed by atoms with Crippen molar-refractivity contribution in [2.24, 2.45) is 0 Å². The second-order valence-corrected chi connectivity index (χ2v) is 23.4. The maximum absolute atomic E-state index is 14.7. The van der Waals surface area contributed by atoms with E-state index in [1.54, 1.807) is 11.9 Å². The summed E-state index contributed by atoms with van der Waals surface area (Å²) >= 11 is 0. The van der Waals surface area contributed by atoms with Crippen molar-refractivity contribution in [3.63, 3.8) is 0 Å². The number of carbonyl (C=O) groups is 2. The van der Waals surface area contributed by atoms with Crippen LogP contribution in [0.4, 0.5) is 17.5 Å². The average Bonchev–Trinajstić information content (AvgIpc) is 3.99. The minimum atomic E-state index is -5.30. The number of nitrogens with one attached hydrogen (secondary N) is 2. The van der Waals surface area contributed by atoms with Crippen LogP contribution in [0.3, 0.4) is 0 Å². The van der Waals surface area contributed by atoms with E-state index in [0.717, 1.165) is 130 Å². The number of hydrogen-bond acceptors (Lipinski definition) is 16. The molecule has 1 fully saturated rings. The Morgan fingerprint density at radius 3 is 2.46 bits per heavy atom. The number of nitrogens with zero attached hydrogens (tertiary/aromatic N) is 7. The van der Waals surface area contributed by atoms with Crippen molar-refractivity contribution in [1.82, 2.24) is 34.3 Å². The van der Waals surface area contributed by atoms with E-state index >= 15 is 0 Å². The molecule has 6 aliphatic rings. The fourth-order valence-electron chi connectivity index (χ4n) is 12.4. The molecule has 2 amide bonds. The molecule has 416 valence electrons. The first-order valence-electron chi connectivity index (χ1n) is 27.1. The molecule has 1 saturated heterocycles. The Kier molecular flexibility index (Phi) is 15.5. The van der Waals surface area contributed by atoms with Crippen molar-refractivity contribution in [1.29, 1.82) is 0 Å². The van der Waals surface area contributed by atoms with Crippen molar-refractivity contribution < 1.29 is 61.9 Å². The van der Waals surface area contributed by atoms with Crippen LogP contribution in [-0.4, -0.2) is 134 Å². The minimum absolute atomic E-state index is 0.00672. The third-order valence-corrected chi connectivity index (χ3v) is 16.8. The maximum Gasteiger partial charge on any atom is 0.470 e. The number of ether oxygens (including phenoxy) is 2. The van der Waals surface area contributed by atoms with E-state index in [-0.39, 0.29) is 41.2 Å². The molecule has 3 aromatic carbocycles. The van der Waals surface area contributed by atoms with Crippen molar-refractivity contribution >= 4 is 61.7 Å². The molecular weight excluding hydrogens is 1050 g/mol. The first kappa shape index (κ1) is 54.1. The molecule has 0 spiro atoms. The number of aromatic nitrogens is 4. The van der Waals surface area contributed by atoms with Gasteiger partial charge in [0.25, 0.3) is 13.7 Å². The van der Waals surface area contributed by atoms with Gasteiger partial charge in [0.05, 0.1) is 12.2 Å². The highest BCUT2D eigenvalue weighted by Gasteiger charge is 2.50. The lowest BCUT2D eigenvalue weighted by Crippen LogP contribution is -2.45. The van der Waals surface area contributed by atoms with Gasteiger partial charge in [-0.2, -0.15) is 0 Å². The summed E-state index contributed by atoms with van der Waals surface area (Å²) in [6, 6.07) is 12.7. The quantitative estimate of drug-likeness (QED) is 0.0328. The molecule has 8 N–H and O–H groups in total. The molecule has 11 rings (SSSR count). The standard InChI is InChI=1S/C53H66N10O13P2/c1-60(22-12-19-40(64)55-20-6-2-3-7-21-56-53-59-42-49(54)57-30-58-50(42)63(53)52-45(65)48(76-78(70,71)72)39(74-52)29-73-77(67,68)69)51(66)34-16-5-4-15-33(34)41-37-27-31-13-8-23-61-25-10-17-35(43(31)61)46(37)75-47-36-18-11-26-62-24-9-14-32(44(36)62)28-38(41)47/h4-5,15-16,27-28,30,39,45,48,52,54,65H,2-3,6-14,17-26,29H2,1H3,(H6,55,64,66,67,68,69,70,71,72)/t39-,45-,48-,52-/m1/s1. The Labute approximate surface area is 449 Å². The van der Waals surface area contributed by atoms with Crippen LogP contribution in [0.2, 0.25) is 0 Å². The van der Waals surface area contributed by atoms with Gasteiger partial charge >= 0.3 is 7.82 Å². The Balaban J connectivity index is 0.703. The fraction of sp³-hybridized carbons (Fsp3) is 0.509. The Hall–Kier alpha value is -5.84. The zero-order valence-corrected chi connectivity index (χ0v) is 45.3. The highest BCUT2D eigenvalue weighted by molar-refractivity contribution is 7.46. The number of aryl methyl sites for hydroxylation is 2. The molecule has 2 aromatic heterocycles. The number of carbonyl (C=O) groups excluding carboxylic acids is 2. The molecule has 0 bridgehead atoms. The second-order valence-electron chi connectivity index (χ2n) is 21.0. The van der Waals surface area contributed by atoms with Gasteiger partial charge in [0.1, 0.15) is 49.2 Å². The van der Waals surface area contributed by atoms with Crippen LogP contribution in [0.5, 0.6) is 11.5 Å². The summed E-state index contributed by atoms with van der Waals surface area (Å²) in [6.45, 7) is 4.52. The van der Waals surface area contributed by atoms with Crippen molar-refractivity contribution in [2.75, 3.05) is 75.4 Å². The summed E-state index contributed by atoms with van der Waals surface area (Å²) in [7, 11) is -8.74. The molecule has 23 nitrogen and oxygen atoms in total. The van der Waals surface area contributed by atoms with Gasteiger partial charge in [-0.15, -0.1) is 0 Å². The summed E-state index contributed by atoms with van der Waals surface area (Å²) in [5.74, 6) is 1.79. The topological polar surface area (TPSA) is 312 Å². The van der Waals surface area contributed by atoms with Gasteiger partial charge in [-0.25, -0.2) is 24.1 Å². The average molecular weight is 1110 g/mol. The van der Waals surface area contributed by atoms with Crippen molar-refractivity contribution in [3.8, 4) is 11.5 Å². The highest BCUT2D eigenvalue weighted by atomic mass is 31.2. The van der Waals surface area contributed by atoms with Gasteiger partial charge < -0.3 is 64.8 Å². The van der Waals surface area contributed by atoms with Crippen molar-refractivity contribution in [2.45, 2.75) is 114 Å². The highest BCUT2D eigenvalue weighted by Crippen LogP contribution is 2.50. The Bertz CT molecular complexity index is 3400. The lowest BCUT2D eigenvalue weighted by Gasteiger charge is -2.39. The van der Waals surface area contributed by atoms with Gasteiger partial charge in [-0.3, -0.25) is 23.2 Å². The molecular formula is C53H66N10O13P2. The summed E-state index contributed by atoms with van der Waals surface area (Å²) in [5.41, 5.74) is 16.6. The van der Waals surface area contributed by atoms with Crippen LogP contribution in [-0.2, 0) is 53.4 Å². The number of anilines is 3. The normalized spacial score (nSPS) is 21.0. The zero-order chi connectivity index (χ0) is 54.5. The number of unbranched alkanes of at least 4 members (excludes halogenated alkanes) is 3.